The van der Waals surface area contributed by atoms with Gasteiger partial charge in [0.2, 0.25) is 0 Å². The first-order valence-electron chi connectivity index (χ1n) is 5.34. The first kappa shape index (κ1) is 12.5. The van der Waals surface area contributed by atoms with Gasteiger partial charge in [0.15, 0.2) is 4.77 Å². The van der Waals surface area contributed by atoms with Crippen molar-refractivity contribution in [2.45, 2.75) is 26.8 Å². The minimum atomic E-state index is 0.443. The SMILES string of the molecule is Cc1c[nH]c(=S)n1C(CN(C)C)C(C)C. The Balaban J connectivity index is 3.04. The maximum atomic E-state index is 5.31. The number of nitrogens with zero attached hydrogens (tertiary/aromatic N) is 2. The summed E-state index contributed by atoms with van der Waals surface area (Å²) < 4.78 is 3.05. The number of hydrogen-bond acceptors (Lipinski definition) is 2. The maximum absolute atomic E-state index is 5.31. The second-order valence-corrected chi connectivity index (χ2v) is 5.07. The summed E-state index contributed by atoms with van der Waals surface area (Å²) in [6.07, 6.45) is 1.98. The van der Waals surface area contributed by atoms with Crippen LogP contribution in [0.5, 0.6) is 0 Å². The molecule has 0 saturated carbocycles. The molecule has 1 unspecified atom stereocenters. The topological polar surface area (TPSA) is 24.0 Å². The van der Waals surface area contributed by atoms with Gasteiger partial charge in [-0.15, -0.1) is 0 Å². The van der Waals surface area contributed by atoms with Gasteiger partial charge in [0, 0.05) is 18.4 Å². The van der Waals surface area contributed by atoms with Crippen LogP contribution in [0.2, 0.25) is 0 Å². The van der Waals surface area contributed by atoms with Crippen molar-refractivity contribution in [3.63, 3.8) is 0 Å². The summed E-state index contributed by atoms with van der Waals surface area (Å²) >= 11 is 5.31. The molecule has 0 aromatic carbocycles. The Labute approximate surface area is 97.1 Å². The first-order chi connectivity index (χ1) is 6.93. The molecule has 1 aromatic heterocycles. The molecule has 0 aliphatic carbocycles. The third kappa shape index (κ3) is 2.92. The monoisotopic (exact) mass is 227 g/mol. The summed E-state index contributed by atoms with van der Waals surface area (Å²) in [6, 6.07) is 0.443. The second kappa shape index (κ2) is 4.94. The zero-order valence-electron chi connectivity index (χ0n) is 10.2. The molecule has 0 aliphatic heterocycles. The lowest BCUT2D eigenvalue weighted by atomic mass is 10.0. The van der Waals surface area contributed by atoms with Gasteiger partial charge in [0.1, 0.15) is 0 Å². The fourth-order valence-corrected chi connectivity index (χ4v) is 2.18. The number of aryl methyl sites for hydroxylation is 1. The Morgan fingerprint density at radius 3 is 2.40 bits per heavy atom. The smallest absolute Gasteiger partial charge is 0.177 e. The van der Waals surface area contributed by atoms with Gasteiger partial charge in [-0.3, -0.25) is 0 Å². The molecule has 0 fully saturated rings. The minimum absolute atomic E-state index is 0.443. The van der Waals surface area contributed by atoms with Gasteiger partial charge >= 0.3 is 0 Å². The Hall–Kier alpha value is -0.610. The van der Waals surface area contributed by atoms with Crippen molar-refractivity contribution in [3.05, 3.63) is 16.7 Å². The van der Waals surface area contributed by atoms with Crippen molar-refractivity contribution in [1.29, 1.82) is 0 Å². The van der Waals surface area contributed by atoms with Crippen LogP contribution in [0.15, 0.2) is 6.20 Å². The Morgan fingerprint density at radius 2 is 2.07 bits per heavy atom. The van der Waals surface area contributed by atoms with E-state index >= 15 is 0 Å². The molecule has 3 nitrogen and oxygen atoms in total. The molecule has 0 amide bonds. The number of nitrogens with one attached hydrogen (secondary N) is 1. The van der Waals surface area contributed by atoms with Crippen molar-refractivity contribution < 1.29 is 0 Å². The van der Waals surface area contributed by atoms with E-state index in [1.807, 2.05) is 6.20 Å². The van der Waals surface area contributed by atoms with Crippen molar-refractivity contribution in [2.75, 3.05) is 20.6 Å². The van der Waals surface area contributed by atoms with E-state index < -0.39 is 0 Å². The normalized spacial score (nSPS) is 13.8. The molecule has 0 radical (unpaired) electrons. The van der Waals surface area contributed by atoms with E-state index in [2.05, 4.69) is 49.3 Å². The molecule has 4 heteroatoms. The van der Waals surface area contributed by atoms with Crippen LogP contribution in [0, 0.1) is 17.6 Å². The lowest BCUT2D eigenvalue weighted by Gasteiger charge is -2.27. The van der Waals surface area contributed by atoms with Gasteiger partial charge in [0.25, 0.3) is 0 Å². The predicted octanol–water partition coefficient (Wildman–Crippen LogP) is 2.61. The highest BCUT2D eigenvalue weighted by atomic mass is 32.1. The van der Waals surface area contributed by atoms with E-state index in [1.54, 1.807) is 0 Å². The van der Waals surface area contributed by atoms with Crippen LogP contribution < -0.4 is 0 Å². The van der Waals surface area contributed by atoms with Crippen molar-refractivity contribution in [1.82, 2.24) is 14.5 Å². The van der Waals surface area contributed by atoms with Crippen molar-refractivity contribution in [2.24, 2.45) is 5.92 Å². The van der Waals surface area contributed by atoms with Crippen LogP contribution in [0.1, 0.15) is 25.6 Å². The summed E-state index contributed by atoms with van der Waals surface area (Å²) in [4.78, 5) is 5.31. The molecule has 1 rings (SSSR count). The average Bonchev–Trinajstić information content (AvgIpc) is 2.42. The number of imidazole rings is 1. The van der Waals surface area contributed by atoms with Crippen LogP contribution in [0.3, 0.4) is 0 Å². The molecule has 0 aliphatic rings. The molecular weight excluding hydrogens is 206 g/mol. The number of rotatable bonds is 4. The fourth-order valence-electron chi connectivity index (χ4n) is 1.84. The Kier molecular flexibility index (Phi) is 4.11. The van der Waals surface area contributed by atoms with Gasteiger partial charge in [0.05, 0.1) is 6.04 Å². The van der Waals surface area contributed by atoms with E-state index in [0.717, 1.165) is 11.3 Å². The van der Waals surface area contributed by atoms with Crippen LogP contribution in [0.4, 0.5) is 0 Å². The average molecular weight is 227 g/mol. The zero-order valence-corrected chi connectivity index (χ0v) is 11.1. The molecule has 86 valence electrons. The highest BCUT2D eigenvalue weighted by Crippen LogP contribution is 2.20. The highest BCUT2D eigenvalue weighted by molar-refractivity contribution is 7.71. The van der Waals surface area contributed by atoms with Gasteiger partial charge in [-0.25, -0.2) is 0 Å². The second-order valence-electron chi connectivity index (χ2n) is 4.68. The minimum Gasteiger partial charge on any atom is -0.337 e. The fraction of sp³-hybridized carbons (Fsp3) is 0.727. The summed E-state index contributed by atoms with van der Waals surface area (Å²) in [5.41, 5.74) is 1.21. The Morgan fingerprint density at radius 1 is 1.47 bits per heavy atom. The van der Waals surface area contributed by atoms with E-state index in [0.29, 0.717) is 12.0 Å². The van der Waals surface area contributed by atoms with E-state index in [-0.39, 0.29) is 0 Å². The van der Waals surface area contributed by atoms with E-state index in [9.17, 15) is 0 Å². The van der Waals surface area contributed by atoms with Crippen LogP contribution in [-0.4, -0.2) is 35.1 Å². The summed E-state index contributed by atoms with van der Waals surface area (Å²) in [5.74, 6) is 0.577. The van der Waals surface area contributed by atoms with E-state index in [4.69, 9.17) is 12.2 Å². The first-order valence-corrected chi connectivity index (χ1v) is 5.75. The molecule has 15 heavy (non-hydrogen) atoms. The van der Waals surface area contributed by atoms with Crippen molar-refractivity contribution >= 4 is 12.2 Å². The molecular formula is C11H21N3S. The molecule has 1 heterocycles. The third-order valence-electron chi connectivity index (χ3n) is 2.66. The van der Waals surface area contributed by atoms with Gasteiger partial charge in [-0.1, -0.05) is 13.8 Å². The number of hydrogen-bond donors (Lipinski definition) is 1. The molecule has 0 bridgehead atoms. The summed E-state index contributed by atoms with van der Waals surface area (Å²) in [6.45, 7) is 7.59. The maximum Gasteiger partial charge on any atom is 0.177 e. The predicted molar refractivity (Wildman–Crippen MR) is 66.8 cm³/mol. The molecule has 1 N–H and O–H groups in total. The largest absolute Gasteiger partial charge is 0.337 e. The van der Waals surface area contributed by atoms with Gasteiger partial charge < -0.3 is 14.5 Å². The van der Waals surface area contributed by atoms with Crippen LogP contribution in [0.25, 0.3) is 0 Å². The molecule has 0 saturated heterocycles. The molecule has 1 atom stereocenters. The number of likely N-dealkylation sites (N-methyl/N-ethyl adjacent to an activating group) is 1. The number of aromatic nitrogens is 2. The van der Waals surface area contributed by atoms with Crippen LogP contribution in [-0.2, 0) is 0 Å². The lowest BCUT2D eigenvalue weighted by Crippen LogP contribution is -2.28. The zero-order chi connectivity index (χ0) is 11.6. The van der Waals surface area contributed by atoms with Gasteiger partial charge in [-0.2, -0.15) is 0 Å². The highest BCUT2D eigenvalue weighted by Gasteiger charge is 2.18. The van der Waals surface area contributed by atoms with Crippen molar-refractivity contribution in [3.8, 4) is 0 Å². The quantitative estimate of drug-likeness (QED) is 0.799. The number of H-pyrrole nitrogens is 1. The summed E-state index contributed by atoms with van der Waals surface area (Å²) in [7, 11) is 4.20. The third-order valence-corrected chi connectivity index (χ3v) is 2.97. The van der Waals surface area contributed by atoms with Gasteiger partial charge in [-0.05, 0) is 39.2 Å². The molecule has 1 aromatic rings. The summed E-state index contributed by atoms with van der Waals surface area (Å²) in [5, 5.41) is 0. The molecule has 0 spiro atoms. The number of aromatic amines is 1. The standard InChI is InChI=1S/C11H21N3S/c1-8(2)10(7-13(4)5)14-9(3)6-12-11(14)15/h6,8,10H,7H2,1-5H3,(H,12,15). The lowest BCUT2D eigenvalue weighted by molar-refractivity contribution is 0.265. The van der Waals surface area contributed by atoms with Crippen LogP contribution >= 0.6 is 12.2 Å². The Bertz CT molecular complexity index is 362. The van der Waals surface area contributed by atoms with E-state index in [1.165, 1.54) is 5.69 Å².